The number of rotatable bonds is 5. The van der Waals surface area contributed by atoms with Crippen LogP contribution >= 0.6 is 15.9 Å². The normalized spacial score (nSPS) is 35.6. The summed E-state index contributed by atoms with van der Waals surface area (Å²) in [6, 6.07) is 6.64. The second-order valence-electron chi connectivity index (χ2n) is 7.90. The van der Waals surface area contributed by atoms with E-state index in [-0.39, 0.29) is 4.90 Å². The summed E-state index contributed by atoms with van der Waals surface area (Å²) in [6.07, 6.45) is 9.01. The lowest BCUT2D eigenvalue weighted by Crippen LogP contribution is -2.46. The van der Waals surface area contributed by atoms with Crippen molar-refractivity contribution in [1.82, 2.24) is 0 Å². The van der Waals surface area contributed by atoms with Crippen molar-refractivity contribution in [2.24, 2.45) is 23.2 Å². The SMILES string of the molecule is O=S(=O)(OCCC12CC3CC(CC(C3)C1)C2)c1ccc(Br)cc1. The first-order valence-corrected chi connectivity index (χ1v) is 10.8. The van der Waals surface area contributed by atoms with Crippen LogP contribution in [0.5, 0.6) is 0 Å². The summed E-state index contributed by atoms with van der Waals surface area (Å²) in [5.74, 6) is 2.68. The Bertz CT molecular complexity index is 645. The lowest BCUT2D eigenvalue weighted by molar-refractivity contribution is -0.0619. The van der Waals surface area contributed by atoms with Crippen LogP contribution in [0, 0.1) is 23.2 Å². The first-order chi connectivity index (χ1) is 10.9. The van der Waals surface area contributed by atoms with E-state index in [2.05, 4.69) is 15.9 Å². The van der Waals surface area contributed by atoms with Crippen molar-refractivity contribution >= 4 is 26.0 Å². The zero-order chi connectivity index (χ0) is 16.1. The van der Waals surface area contributed by atoms with Gasteiger partial charge in [0, 0.05) is 4.47 Å². The van der Waals surface area contributed by atoms with Crippen molar-refractivity contribution in [3.8, 4) is 0 Å². The van der Waals surface area contributed by atoms with Gasteiger partial charge in [0.05, 0.1) is 11.5 Å². The lowest BCUT2D eigenvalue weighted by Gasteiger charge is -2.57. The summed E-state index contributed by atoms with van der Waals surface area (Å²) in [4.78, 5) is 0.242. The van der Waals surface area contributed by atoms with Gasteiger partial charge in [0.1, 0.15) is 0 Å². The minimum atomic E-state index is -3.63. The average Bonchev–Trinajstić information content (AvgIpc) is 2.45. The maximum Gasteiger partial charge on any atom is 0.296 e. The molecule has 5 rings (SSSR count). The highest BCUT2D eigenvalue weighted by molar-refractivity contribution is 9.10. The van der Waals surface area contributed by atoms with Gasteiger partial charge in [-0.25, -0.2) is 0 Å². The van der Waals surface area contributed by atoms with E-state index in [9.17, 15) is 8.42 Å². The second kappa shape index (κ2) is 5.85. The molecule has 4 aliphatic rings. The van der Waals surface area contributed by atoms with Gasteiger partial charge in [0.2, 0.25) is 0 Å². The molecule has 0 N–H and O–H groups in total. The molecular formula is C18H23BrO3S. The van der Waals surface area contributed by atoms with Crippen LogP contribution in [0.3, 0.4) is 0 Å². The van der Waals surface area contributed by atoms with Gasteiger partial charge in [-0.05, 0) is 92.4 Å². The molecule has 23 heavy (non-hydrogen) atoms. The highest BCUT2D eigenvalue weighted by Crippen LogP contribution is 2.61. The predicted molar refractivity (Wildman–Crippen MR) is 92.5 cm³/mol. The van der Waals surface area contributed by atoms with Crippen molar-refractivity contribution in [3.05, 3.63) is 28.7 Å². The fourth-order valence-electron chi connectivity index (χ4n) is 5.63. The third kappa shape index (κ3) is 3.24. The minimum Gasteiger partial charge on any atom is -0.266 e. The first-order valence-electron chi connectivity index (χ1n) is 8.59. The molecule has 1 aromatic rings. The highest BCUT2D eigenvalue weighted by atomic mass is 79.9. The molecule has 0 atom stereocenters. The molecular weight excluding hydrogens is 376 g/mol. The molecule has 0 aliphatic heterocycles. The van der Waals surface area contributed by atoms with Crippen molar-refractivity contribution in [3.63, 3.8) is 0 Å². The van der Waals surface area contributed by atoms with E-state index in [1.165, 1.54) is 38.5 Å². The van der Waals surface area contributed by atoms with Crippen LogP contribution < -0.4 is 0 Å². The van der Waals surface area contributed by atoms with Crippen molar-refractivity contribution < 1.29 is 12.6 Å². The predicted octanol–water partition coefficient (Wildman–Crippen LogP) is 4.76. The van der Waals surface area contributed by atoms with E-state index in [1.807, 2.05) is 0 Å². The molecule has 0 spiro atoms. The molecule has 0 heterocycles. The van der Waals surface area contributed by atoms with Crippen LogP contribution in [0.15, 0.2) is 33.6 Å². The molecule has 0 saturated heterocycles. The van der Waals surface area contributed by atoms with Gasteiger partial charge in [-0.3, -0.25) is 4.18 Å². The summed E-state index contributed by atoms with van der Waals surface area (Å²) < 4.78 is 30.8. The molecule has 126 valence electrons. The van der Waals surface area contributed by atoms with Gasteiger partial charge in [-0.1, -0.05) is 15.9 Å². The Labute approximate surface area is 147 Å². The molecule has 0 radical (unpaired) electrons. The van der Waals surface area contributed by atoms with Crippen molar-refractivity contribution in [2.45, 2.75) is 49.8 Å². The maximum atomic E-state index is 12.3. The monoisotopic (exact) mass is 398 g/mol. The van der Waals surface area contributed by atoms with Crippen LogP contribution in [0.4, 0.5) is 0 Å². The van der Waals surface area contributed by atoms with E-state index in [1.54, 1.807) is 24.3 Å². The third-order valence-electron chi connectivity index (χ3n) is 6.14. The molecule has 0 aromatic heterocycles. The highest BCUT2D eigenvalue weighted by Gasteiger charge is 2.50. The van der Waals surface area contributed by atoms with Crippen LogP contribution in [-0.2, 0) is 14.3 Å². The third-order valence-corrected chi connectivity index (χ3v) is 7.99. The molecule has 4 bridgehead atoms. The van der Waals surface area contributed by atoms with E-state index in [0.29, 0.717) is 12.0 Å². The Morgan fingerprint density at radius 3 is 2.04 bits per heavy atom. The topological polar surface area (TPSA) is 43.4 Å². The van der Waals surface area contributed by atoms with E-state index < -0.39 is 10.1 Å². The Morgan fingerprint density at radius 2 is 1.52 bits per heavy atom. The van der Waals surface area contributed by atoms with Gasteiger partial charge in [0.25, 0.3) is 10.1 Å². The van der Waals surface area contributed by atoms with Gasteiger partial charge < -0.3 is 0 Å². The summed E-state index contributed by atoms with van der Waals surface area (Å²) in [5.41, 5.74) is 0.365. The number of hydrogen-bond acceptors (Lipinski definition) is 3. The standard InChI is InChI=1S/C18H23BrO3S/c19-16-1-3-17(4-2-16)23(20,21)22-6-5-18-10-13-7-14(11-18)9-15(8-13)12-18/h1-4,13-15H,5-12H2. The van der Waals surface area contributed by atoms with E-state index >= 15 is 0 Å². The molecule has 5 heteroatoms. The Morgan fingerprint density at radius 1 is 1.00 bits per heavy atom. The zero-order valence-electron chi connectivity index (χ0n) is 13.2. The smallest absolute Gasteiger partial charge is 0.266 e. The van der Waals surface area contributed by atoms with Crippen LogP contribution in [0.25, 0.3) is 0 Å². The summed E-state index contributed by atoms with van der Waals surface area (Å²) in [6.45, 7) is 0.324. The molecule has 4 saturated carbocycles. The minimum absolute atomic E-state index is 0.242. The molecule has 0 unspecified atom stereocenters. The Balaban J connectivity index is 1.39. The summed E-state index contributed by atoms with van der Waals surface area (Å²) in [7, 11) is -3.63. The van der Waals surface area contributed by atoms with Gasteiger partial charge in [0.15, 0.2) is 0 Å². The van der Waals surface area contributed by atoms with Crippen molar-refractivity contribution in [1.29, 1.82) is 0 Å². The second-order valence-corrected chi connectivity index (χ2v) is 10.4. The fourth-order valence-corrected chi connectivity index (χ4v) is 6.81. The van der Waals surface area contributed by atoms with E-state index in [4.69, 9.17) is 4.18 Å². The summed E-state index contributed by atoms with van der Waals surface area (Å²) >= 11 is 3.32. The van der Waals surface area contributed by atoms with Gasteiger partial charge in [-0.15, -0.1) is 0 Å². The zero-order valence-corrected chi connectivity index (χ0v) is 15.6. The maximum absolute atomic E-state index is 12.3. The molecule has 1 aromatic carbocycles. The van der Waals surface area contributed by atoms with Gasteiger partial charge in [-0.2, -0.15) is 8.42 Å². The molecule has 3 nitrogen and oxygen atoms in total. The lowest BCUT2D eigenvalue weighted by atomic mass is 9.49. The van der Waals surface area contributed by atoms with E-state index in [0.717, 1.165) is 28.6 Å². The van der Waals surface area contributed by atoms with Gasteiger partial charge >= 0.3 is 0 Å². The Kier molecular flexibility index (Phi) is 4.10. The molecule has 4 fully saturated rings. The van der Waals surface area contributed by atoms with Crippen molar-refractivity contribution in [2.75, 3.05) is 6.61 Å². The van der Waals surface area contributed by atoms with Crippen LogP contribution in [0.1, 0.15) is 44.9 Å². The van der Waals surface area contributed by atoms with Crippen LogP contribution in [-0.4, -0.2) is 15.0 Å². The summed E-state index contributed by atoms with van der Waals surface area (Å²) in [5, 5.41) is 0. The fraction of sp³-hybridized carbons (Fsp3) is 0.667. The largest absolute Gasteiger partial charge is 0.296 e. The first kappa shape index (κ1) is 16.1. The van der Waals surface area contributed by atoms with Crippen LogP contribution in [0.2, 0.25) is 0 Å². The Hall–Kier alpha value is -0.390. The average molecular weight is 399 g/mol. The quantitative estimate of drug-likeness (QED) is 0.671. The number of halogens is 1. The number of benzene rings is 1. The molecule has 4 aliphatic carbocycles. The number of hydrogen-bond donors (Lipinski definition) is 0. The molecule has 0 amide bonds.